The van der Waals surface area contributed by atoms with Gasteiger partial charge in [0.1, 0.15) is 19.5 Å². The minimum Gasteiger partial charge on any atom is -0.457 e. The van der Waals surface area contributed by atoms with E-state index >= 15 is 0 Å². The van der Waals surface area contributed by atoms with Gasteiger partial charge < -0.3 is 29.5 Å². The Morgan fingerprint density at radius 1 is 0.649 bits per heavy atom. The number of esters is 2. The molecule has 0 bridgehead atoms. The number of hydrogen-bond acceptors (Lipinski definition) is 14. The number of aldehydes is 1. The Morgan fingerprint density at radius 2 is 1.08 bits per heavy atom. The zero-order valence-electron chi connectivity index (χ0n) is 41.2. The first kappa shape index (κ1) is 63.3. The van der Waals surface area contributed by atoms with Gasteiger partial charge in [-0.3, -0.25) is 14.4 Å². The summed E-state index contributed by atoms with van der Waals surface area (Å²) in [7, 11) is 0. The third kappa shape index (κ3) is 26.1. The molecule has 2 amide bonds. The highest BCUT2D eigenvalue weighted by Crippen LogP contribution is 2.37. The topological polar surface area (TPSA) is 219 Å². The lowest BCUT2D eigenvalue weighted by molar-refractivity contribution is -0.456. The van der Waals surface area contributed by atoms with Gasteiger partial charge in [-0.25, -0.2) is 20.1 Å². The molecule has 16 nitrogen and oxygen atoms in total. The van der Waals surface area contributed by atoms with Gasteiger partial charge in [-0.2, -0.15) is 0 Å². The SMILES string of the molecule is C.CC#CC#CC#CC#CC#CC#CC#CC#CC#CC.O=C(OCc1ccccc1)c1ccc([C@H]2OC[C@@H]3CCC(=O)N32)cc1.O=C1CC[C@@H](CO)N1.O=Cc1ccc(C(=O)OCc2ccccc2)cc1.OONOO.[HH].[HH].[HH].[HH].[HH].[HH]. The number of rotatable bonds is 11. The number of fused-ring (bicyclic) bond motifs is 1. The standard InChI is InChI=1S/C20H19NO4.C20H6.C15H12O3.C5H9NO2.CH4.H3NO4.6H2/c22-18-11-10-17-13-24-19(21(17)18)15-6-8-16(9-7-15)20(23)25-12-14-4-2-1-3-5-14;1-3-5-7-9-11-13-15-17-19-20-18-16-14-12-10-8-6-4-2;16-10-12-6-8-14(9-7-12)15(17)18-11-13-4-2-1-3-5-13;7-3-4-1-2-5(8)6-4;;2-4-1-5-3;;;;;;/h1-9,17,19H,10-13H2;1-2H3;1-10H,11H2;4,7H,1-3H2,(H,6,8);1H4;1-3H;6*1H/t17-,19+;;;4-;;;;;;;;/m0..0......../s1. The van der Waals surface area contributed by atoms with Crippen LogP contribution in [0, 0.1) is 107 Å². The van der Waals surface area contributed by atoms with E-state index in [4.69, 9.17) is 29.8 Å². The average molecular weight is 1050 g/mol. The molecule has 402 valence electrons. The van der Waals surface area contributed by atoms with Gasteiger partial charge in [0.25, 0.3) is 0 Å². The molecule has 0 spiro atoms. The molecule has 3 saturated heterocycles. The van der Waals surface area contributed by atoms with Gasteiger partial charge in [0.05, 0.1) is 36.4 Å². The second kappa shape index (κ2) is 39.7. The van der Waals surface area contributed by atoms with Crippen molar-refractivity contribution in [1.82, 2.24) is 15.9 Å². The molecule has 3 aliphatic heterocycles. The molecule has 3 atom stereocenters. The van der Waals surface area contributed by atoms with Crippen molar-refractivity contribution in [3.8, 4) is 107 Å². The van der Waals surface area contributed by atoms with Crippen molar-refractivity contribution in [2.75, 3.05) is 13.2 Å². The van der Waals surface area contributed by atoms with E-state index in [0.29, 0.717) is 36.1 Å². The van der Waals surface area contributed by atoms with E-state index in [0.717, 1.165) is 35.8 Å². The van der Waals surface area contributed by atoms with Gasteiger partial charge in [-0.15, -0.1) is 9.98 Å². The Kier molecular flexibility index (Phi) is 32.6. The van der Waals surface area contributed by atoms with Crippen LogP contribution in [-0.4, -0.2) is 75.9 Å². The number of amides is 2. The summed E-state index contributed by atoms with van der Waals surface area (Å²) in [6.07, 6.45) is 3.21. The predicted molar refractivity (Wildman–Crippen MR) is 298 cm³/mol. The normalized spacial score (nSPS) is 13.9. The number of carbonyl (C=O) groups excluding carboxylic acids is 5. The van der Waals surface area contributed by atoms with Crippen LogP contribution in [0.1, 0.15) is 110 Å². The Morgan fingerprint density at radius 3 is 1.43 bits per heavy atom. The molecule has 0 aliphatic carbocycles. The van der Waals surface area contributed by atoms with E-state index in [1.807, 2.05) is 77.7 Å². The van der Waals surface area contributed by atoms with Crippen LogP contribution in [0.4, 0.5) is 0 Å². The molecule has 3 fully saturated rings. The van der Waals surface area contributed by atoms with E-state index in [-0.39, 0.29) is 71.9 Å². The van der Waals surface area contributed by atoms with Gasteiger partial charge in [-0.05, 0) is 162 Å². The van der Waals surface area contributed by atoms with Crippen LogP contribution in [0.15, 0.2) is 109 Å². The molecule has 4 aromatic rings. The highest BCUT2D eigenvalue weighted by Gasteiger charge is 2.42. The maximum Gasteiger partial charge on any atom is 0.338 e. The van der Waals surface area contributed by atoms with Gasteiger partial charge in [0.2, 0.25) is 11.8 Å². The minimum atomic E-state index is -0.392. The fraction of sp³-hybridized carbons (Fsp3) is 0.230. The first-order valence-corrected chi connectivity index (χ1v) is 22.8. The smallest absolute Gasteiger partial charge is 0.338 e. The Bertz CT molecular complexity index is 3100. The average Bonchev–Trinajstić information content (AvgIpc) is 4.21. The summed E-state index contributed by atoms with van der Waals surface area (Å²) >= 11 is 0. The lowest BCUT2D eigenvalue weighted by atomic mass is 10.1. The van der Waals surface area contributed by atoms with E-state index in [2.05, 4.69) is 122 Å². The van der Waals surface area contributed by atoms with Crippen molar-refractivity contribution in [2.45, 2.75) is 78.5 Å². The zero-order valence-corrected chi connectivity index (χ0v) is 41.2. The molecule has 7 rings (SSSR count). The lowest BCUT2D eigenvalue weighted by Crippen LogP contribution is -2.30. The number of hydrogen-bond donors (Lipinski definition) is 5. The second-order valence-corrected chi connectivity index (χ2v) is 14.9. The Labute approximate surface area is 457 Å². The molecular formula is C61H65N3O13. The minimum absolute atomic E-state index is 0. The summed E-state index contributed by atoms with van der Waals surface area (Å²) < 4.78 is 16.3. The maximum absolute atomic E-state index is 12.2. The summed E-state index contributed by atoms with van der Waals surface area (Å²) in [4.78, 5) is 64.5. The Hall–Kier alpha value is -9.81. The molecular weight excluding hydrogens is 983 g/mol. The molecule has 16 heteroatoms. The molecule has 3 aliphatic rings. The summed E-state index contributed by atoms with van der Waals surface area (Å²) in [6, 6.07) is 32.7. The lowest BCUT2D eigenvalue weighted by Gasteiger charge is -2.22. The van der Waals surface area contributed by atoms with Crippen molar-refractivity contribution >= 4 is 30.0 Å². The molecule has 0 unspecified atom stereocenters. The second-order valence-electron chi connectivity index (χ2n) is 14.9. The third-order valence-corrected chi connectivity index (χ3v) is 9.78. The highest BCUT2D eigenvalue weighted by molar-refractivity contribution is 5.90. The number of carbonyl (C=O) groups is 5. The van der Waals surface area contributed by atoms with Gasteiger partial charge in [0.15, 0.2) is 6.23 Å². The van der Waals surface area contributed by atoms with Crippen LogP contribution in [0.5, 0.6) is 0 Å². The van der Waals surface area contributed by atoms with Crippen molar-refractivity contribution in [3.63, 3.8) is 0 Å². The van der Waals surface area contributed by atoms with Crippen LogP contribution >= 0.6 is 0 Å². The van der Waals surface area contributed by atoms with E-state index in [9.17, 15) is 24.0 Å². The summed E-state index contributed by atoms with van der Waals surface area (Å²) in [5.74, 6) is 45.0. The highest BCUT2D eigenvalue weighted by atomic mass is 17.3. The molecule has 77 heavy (non-hydrogen) atoms. The number of benzene rings is 4. The molecule has 0 saturated carbocycles. The van der Waals surface area contributed by atoms with Crippen molar-refractivity contribution in [1.29, 1.82) is 0 Å². The van der Waals surface area contributed by atoms with Crippen LogP contribution in [-0.2, 0) is 47.0 Å². The molecule has 0 radical (unpaired) electrons. The van der Waals surface area contributed by atoms with E-state index in [1.54, 1.807) is 50.2 Å². The first-order chi connectivity index (χ1) is 37.2. The fourth-order valence-electron chi connectivity index (χ4n) is 6.28. The van der Waals surface area contributed by atoms with Gasteiger partial charge >= 0.3 is 11.9 Å². The molecule has 3 heterocycles. The number of nitrogens with one attached hydrogen (secondary N) is 2. The monoisotopic (exact) mass is 1050 g/mol. The number of nitrogens with zero attached hydrogens (tertiary/aromatic N) is 1. The number of aliphatic hydroxyl groups excluding tert-OH is 1. The van der Waals surface area contributed by atoms with E-state index < -0.39 is 5.97 Å². The van der Waals surface area contributed by atoms with Crippen molar-refractivity contribution in [2.24, 2.45) is 0 Å². The third-order valence-electron chi connectivity index (χ3n) is 9.78. The van der Waals surface area contributed by atoms with Crippen molar-refractivity contribution in [3.05, 3.63) is 143 Å². The summed E-state index contributed by atoms with van der Waals surface area (Å²) in [5.41, 5.74) is 5.46. The maximum atomic E-state index is 12.2. The van der Waals surface area contributed by atoms with Crippen LogP contribution in [0.25, 0.3) is 0 Å². The van der Waals surface area contributed by atoms with E-state index in [1.165, 1.54) is 5.64 Å². The van der Waals surface area contributed by atoms with Crippen LogP contribution < -0.4 is 11.0 Å². The van der Waals surface area contributed by atoms with Crippen molar-refractivity contribution < 1.29 is 72.3 Å². The molecule has 5 N–H and O–H groups in total. The van der Waals surface area contributed by atoms with Crippen LogP contribution in [0.2, 0.25) is 0 Å². The Balaban J connectivity index is -0.000000321. The van der Waals surface area contributed by atoms with Gasteiger partial charge in [-0.1, -0.05) is 104 Å². The largest absolute Gasteiger partial charge is 0.457 e. The molecule has 4 aromatic carbocycles. The summed E-state index contributed by atoms with van der Waals surface area (Å²) in [5, 5.41) is 25.4. The number of aliphatic hydroxyl groups is 1. The van der Waals surface area contributed by atoms with Gasteiger partial charge in [0, 0.05) is 32.5 Å². The zero-order chi connectivity index (χ0) is 54.9. The number of ether oxygens (including phenoxy) is 3. The van der Waals surface area contributed by atoms with Crippen LogP contribution in [0.3, 0.4) is 0 Å². The first-order valence-electron chi connectivity index (χ1n) is 22.8. The quantitative estimate of drug-likeness (QED) is 0.0319. The predicted octanol–water partition coefficient (Wildman–Crippen LogP) is 7.73. The fourth-order valence-corrected chi connectivity index (χ4v) is 6.28. The molecule has 0 aromatic heterocycles. The summed E-state index contributed by atoms with van der Waals surface area (Å²) in [6.45, 7) is 4.55.